The summed E-state index contributed by atoms with van der Waals surface area (Å²) in [5, 5.41) is 3.70. The molecule has 0 unspecified atom stereocenters. The summed E-state index contributed by atoms with van der Waals surface area (Å²) in [6.45, 7) is 4.41. The van der Waals surface area contributed by atoms with Gasteiger partial charge in [-0.2, -0.15) is 0 Å². The molecule has 3 N–H and O–H groups in total. The molecule has 1 aromatic heterocycles. The second kappa shape index (κ2) is 10.7. The maximum atomic E-state index is 5.21. The number of benzene rings is 1. The van der Waals surface area contributed by atoms with Crippen LogP contribution >= 0.6 is 0 Å². The zero-order valence-corrected chi connectivity index (χ0v) is 18.9. The van der Waals surface area contributed by atoms with Crippen LogP contribution in [0.3, 0.4) is 0 Å². The zero-order valence-electron chi connectivity index (χ0n) is 18.9. The van der Waals surface area contributed by atoms with Gasteiger partial charge in [-0.3, -0.25) is 0 Å². The van der Waals surface area contributed by atoms with Crippen molar-refractivity contribution >= 4 is 5.82 Å². The predicted molar refractivity (Wildman–Crippen MR) is 120 cm³/mol. The second-order valence-corrected chi connectivity index (χ2v) is 8.98. The quantitative estimate of drug-likeness (QED) is 0.400. The van der Waals surface area contributed by atoms with Gasteiger partial charge in [0, 0.05) is 25.8 Å². The van der Waals surface area contributed by atoms with E-state index in [4.69, 9.17) is 4.98 Å². The molecule has 0 bridgehead atoms. The van der Waals surface area contributed by atoms with E-state index in [2.05, 4.69) is 68.4 Å². The highest BCUT2D eigenvalue weighted by Gasteiger charge is 2.29. The number of nitrogens with zero attached hydrogens (tertiary/aromatic N) is 2. The van der Waals surface area contributed by atoms with E-state index in [1.54, 1.807) is 0 Å². The van der Waals surface area contributed by atoms with Crippen LogP contribution in [0.4, 0.5) is 5.82 Å². The van der Waals surface area contributed by atoms with E-state index in [-0.39, 0.29) is 0 Å². The maximum Gasteiger partial charge on any atom is 0.333 e. The van der Waals surface area contributed by atoms with E-state index in [0.29, 0.717) is 0 Å². The highest BCUT2D eigenvalue weighted by atomic mass is 15.1. The van der Waals surface area contributed by atoms with Crippen LogP contribution in [0.5, 0.6) is 0 Å². The summed E-state index contributed by atoms with van der Waals surface area (Å²) < 4.78 is 2.53. The Labute approximate surface area is 176 Å². The fraction of sp³-hybridized carbons (Fsp3) is 0.583. The molecule has 1 aliphatic rings. The number of nitrogens with one attached hydrogen (secondary N) is 3. The SMILES string of the molecule is C[NH+](C)CCCNc1nc(-c2ccccc2)[n+](CCC[NH+](C)C)c2c1CCCC2. The van der Waals surface area contributed by atoms with Gasteiger partial charge in [0.05, 0.1) is 59.0 Å². The molecule has 5 nitrogen and oxygen atoms in total. The van der Waals surface area contributed by atoms with E-state index < -0.39 is 0 Å². The first kappa shape index (κ1) is 21.7. The van der Waals surface area contributed by atoms with Crippen molar-refractivity contribution in [2.24, 2.45) is 0 Å². The Balaban J connectivity index is 1.95. The minimum absolute atomic E-state index is 0.993. The van der Waals surface area contributed by atoms with Gasteiger partial charge in [0.1, 0.15) is 5.69 Å². The molecule has 1 aromatic carbocycles. The van der Waals surface area contributed by atoms with Crippen LogP contribution in [-0.2, 0) is 19.4 Å². The molecule has 158 valence electrons. The predicted octanol–water partition coefficient (Wildman–Crippen LogP) is 0.396. The Morgan fingerprint density at radius 2 is 1.62 bits per heavy atom. The lowest BCUT2D eigenvalue weighted by molar-refractivity contribution is -0.861. The fourth-order valence-electron chi connectivity index (χ4n) is 4.24. The molecule has 1 heterocycles. The highest BCUT2D eigenvalue weighted by Crippen LogP contribution is 2.27. The molecule has 2 aromatic rings. The summed E-state index contributed by atoms with van der Waals surface area (Å²) in [5.41, 5.74) is 4.20. The van der Waals surface area contributed by atoms with Gasteiger partial charge >= 0.3 is 5.82 Å². The maximum absolute atomic E-state index is 5.21. The monoisotopic (exact) mass is 398 g/mol. The van der Waals surface area contributed by atoms with Crippen molar-refractivity contribution in [1.82, 2.24) is 4.98 Å². The Morgan fingerprint density at radius 3 is 2.34 bits per heavy atom. The van der Waals surface area contributed by atoms with Crippen molar-refractivity contribution < 1.29 is 14.4 Å². The van der Waals surface area contributed by atoms with Crippen LogP contribution in [0, 0.1) is 0 Å². The molecule has 0 saturated heterocycles. The van der Waals surface area contributed by atoms with E-state index >= 15 is 0 Å². The smallest absolute Gasteiger partial charge is 0.333 e. The van der Waals surface area contributed by atoms with Crippen molar-refractivity contribution in [3.8, 4) is 11.4 Å². The molecule has 3 rings (SSSR count). The molecule has 0 atom stereocenters. The van der Waals surface area contributed by atoms with Crippen LogP contribution in [-0.4, -0.2) is 52.8 Å². The number of anilines is 1. The molecule has 0 amide bonds. The lowest BCUT2D eigenvalue weighted by Crippen LogP contribution is -3.05. The van der Waals surface area contributed by atoms with Crippen molar-refractivity contribution in [2.45, 2.75) is 45.1 Å². The Kier molecular flexibility index (Phi) is 8.01. The molecule has 0 fully saturated rings. The van der Waals surface area contributed by atoms with Gasteiger partial charge in [0.15, 0.2) is 0 Å². The number of hydrogen-bond donors (Lipinski definition) is 3. The van der Waals surface area contributed by atoms with Gasteiger partial charge in [-0.25, -0.2) is 4.57 Å². The number of fused-ring (bicyclic) bond motifs is 1. The number of aromatic nitrogens is 2. The zero-order chi connectivity index (χ0) is 20.6. The Hall–Kier alpha value is -1.98. The van der Waals surface area contributed by atoms with Crippen LogP contribution in [0.15, 0.2) is 30.3 Å². The third-order valence-electron chi connectivity index (χ3n) is 5.76. The van der Waals surface area contributed by atoms with E-state index in [9.17, 15) is 0 Å². The van der Waals surface area contributed by atoms with Gasteiger partial charge in [0.2, 0.25) is 5.82 Å². The van der Waals surface area contributed by atoms with E-state index in [1.165, 1.54) is 71.8 Å². The van der Waals surface area contributed by atoms with Crippen molar-refractivity contribution in [3.63, 3.8) is 0 Å². The molecule has 0 radical (unpaired) electrons. The van der Waals surface area contributed by atoms with Crippen molar-refractivity contribution in [1.29, 1.82) is 0 Å². The largest absolute Gasteiger partial charge is 0.349 e. The van der Waals surface area contributed by atoms with Crippen molar-refractivity contribution in [3.05, 3.63) is 41.6 Å². The number of hydrogen-bond acceptors (Lipinski definition) is 2. The summed E-state index contributed by atoms with van der Waals surface area (Å²) in [6, 6.07) is 10.7. The summed E-state index contributed by atoms with van der Waals surface area (Å²) >= 11 is 0. The van der Waals surface area contributed by atoms with E-state index in [1.807, 2.05) is 0 Å². The molecule has 29 heavy (non-hydrogen) atoms. The normalized spacial score (nSPS) is 13.7. The molecular formula is C24H40N5+3. The molecule has 1 aliphatic carbocycles. The number of quaternary nitrogens is 2. The van der Waals surface area contributed by atoms with Gasteiger partial charge in [-0.1, -0.05) is 18.2 Å². The minimum atomic E-state index is 0.993. The van der Waals surface area contributed by atoms with Crippen LogP contribution in [0.2, 0.25) is 0 Å². The minimum Gasteiger partial charge on any atom is -0.349 e. The lowest BCUT2D eigenvalue weighted by atomic mass is 9.95. The highest BCUT2D eigenvalue weighted by molar-refractivity contribution is 5.57. The van der Waals surface area contributed by atoms with Crippen molar-refractivity contribution in [2.75, 3.05) is 53.1 Å². The van der Waals surface area contributed by atoms with Crippen LogP contribution < -0.4 is 19.7 Å². The second-order valence-electron chi connectivity index (χ2n) is 8.98. The average molecular weight is 399 g/mol. The van der Waals surface area contributed by atoms with E-state index in [0.717, 1.165) is 31.2 Å². The molecule has 5 heteroatoms. The summed E-state index contributed by atoms with van der Waals surface area (Å²) in [7, 11) is 8.90. The molecular weight excluding hydrogens is 358 g/mol. The van der Waals surface area contributed by atoms with Gasteiger partial charge < -0.3 is 15.1 Å². The van der Waals surface area contributed by atoms with Gasteiger partial charge in [0.25, 0.3) is 0 Å². The fourth-order valence-corrected chi connectivity index (χ4v) is 4.24. The molecule has 0 saturated carbocycles. The summed E-state index contributed by atoms with van der Waals surface area (Å²) in [4.78, 5) is 8.22. The standard InChI is InChI=1S/C24H37N5/c1-27(2)17-10-16-25-23-21-14-8-9-15-22(21)29(19-11-18-28(3)4)24(26-23)20-12-6-5-7-13-20/h5-7,12-13H,8-11,14-19H2,1-4H3/p+3. The first-order valence-corrected chi connectivity index (χ1v) is 11.4. The first-order chi connectivity index (χ1) is 14.1. The topological polar surface area (TPSA) is 37.7 Å². The molecule has 0 aliphatic heterocycles. The van der Waals surface area contributed by atoms with Gasteiger partial charge in [-0.15, -0.1) is 0 Å². The number of rotatable bonds is 10. The average Bonchev–Trinajstić information content (AvgIpc) is 2.72. The Bertz CT molecular complexity index is 771. The lowest BCUT2D eigenvalue weighted by Gasteiger charge is -2.20. The first-order valence-electron chi connectivity index (χ1n) is 11.4. The van der Waals surface area contributed by atoms with Crippen LogP contribution in [0.25, 0.3) is 11.4 Å². The summed E-state index contributed by atoms with van der Waals surface area (Å²) in [6.07, 6.45) is 7.23. The van der Waals surface area contributed by atoms with Gasteiger partial charge in [-0.05, 0) is 36.4 Å². The third kappa shape index (κ3) is 6.00. The Morgan fingerprint density at radius 1 is 0.931 bits per heavy atom. The molecule has 0 spiro atoms. The summed E-state index contributed by atoms with van der Waals surface area (Å²) in [5.74, 6) is 2.25. The third-order valence-corrected chi connectivity index (χ3v) is 5.76. The van der Waals surface area contributed by atoms with Crippen LogP contribution in [0.1, 0.15) is 36.9 Å².